The van der Waals surface area contributed by atoms with E-state index in [1.54, 1.807) is 19.7 Å². The fourth-order valence-corrected chi connectivity index (χ4v) is 3.53. The van der Waals surface area contributed by atoms with Crippen molar-refractivity contribution in [3.05, 3.63) is 53.0 Å². The normalized spacial score (nSPS) is 12.4. The Morgan fingerprint density at radius 3 is 2.96 bits per heavy atom. The van der Waals surface area contributed by atoms with Gasteiger partial charge in [0.25, 0.3) is 0 Å². The molecule has 0 N–H and O–H groups in total. The fourth-order valence-electron chi connectivity index (χ4n) is 3.36. The van der Waals surface area contributed by atoms with Crippen LogP contribution in [0.5, 0.6) is 0 Å². The van der Waals surface area contributed by atoms with Crippen LogP contribution in [0.15, 0.2) is 35.2 Å². The average molecular weight is 383 g/mol. The van der Waals surface area contributed by atoms with E-state index in [-0.39, 0.29) is 0 Å². The third kappa shape index (κ3) is 2.48. The monoisotopic (exact) mass is 382 g/mol. The van der Waals surface area contributed by atoms with E-state index in [0.717, 1.165) is 34.3 Å². The van der Waals surface area contributed by atoms with Crippen molar-refractivity contribution in [1.82, 2.24) is 29.3 Å². The summed E-state index contributed by atoms with van der Waals surface area (Å²) >= 11 is 6.26. The number of methoxy groups -OCH3 is 1. The Hall–Kier alpha value is -2.97. The summed E-state index contributed by atoms with van der Waals surface area (Å²) in [6.45, 7) is 2.74. The number of aromatic nitrogens is 6. The molecule has 9 heteroatoms. The summed E-state index contributed by atoms with van der Waals surface area (Å²) in [5.74, 6) is 1.95. The first-order valence-corrected chi connectivity index (χ1v) is 8.73. The summed E-state index contributed by atoms with van der Waals surface area (Å²) in [6.07, 6.45) is 3.39. The Kier molecular flexibility index (Phi) is 3.63. The minimum absolute atomic E-state index is 0.352. The molecular weight excluding hydrogens is 368 g/mol. The van der Waals surface area contributed by atoms with Crippen LogP contribution in [0.25, 0.3) is 28.7 Å². The predicted molar refractivity (Wildman–Crippen MR) is 97.6 cm³/mol. The van der Waals surface area contributed by atoms with Gasteiger partial charge >= 0.3 is 0 Å². The Morgan fingerprint density at radius 2 is 2.19 bits per heavy atom. The zero-order valence-corrected chi connectivity index (χ0v) is 15.4. The number of benzene rings is 1. The number of rotatable bonds is 3. The highest BCUT2D eigenvalue weighted by Crippen LogP contribution is 2.36. The van der Waals surface area contributed by atoms with Crippen LogP contribution in [0.1, 0.15) is 17.2 Å². The Bertz CT molecular complexity index is 1160. The molecule has 0 bridgehead atoms. The molecule has 0 unspecified atom stereocenters. The van der Waals surface area contributed by atoms with Gasteiger partial charge in [-0.25, -0.2) is 9.97 Å². The van der Waals surface area contributed by atoms with Gasteiger partial charge in [-0.1, -0.05) is 11.6 Å². The van der Waals surface area contributed by atoms with Crippen LogP contribution in [-0.2, 0) is 17.9 Å². The van der Waals surface area contributed by atoms with Gasteiger partial charge in [-0.2, -0.15) is 0 Å². The molecule has 1 aromatic carbocycles. The van der Waals surface area contributed by atoms with Crippen molar-refractivity contribution < 1.29 is 9.15 Å². The maximum Gasteiger partial charge on any atom is 0.247 e. The number of oxazole rings is 1. The SMILES string of the molecule is COCc1nnc2n1Cc1c(-c3nc(C)co3)ncn1-c1ccc(Cl)cc1-2. The molecule has 0 saturated carbocycles. The molecule has 27 heavy (non-hydrogen) atoms. The Balaban J connectivity index is 1.79. The highest BCUT2D eigenvalue weighted by atomic mass is 35.5. The van der Waals surface area contributed by atoms with Crippen LogP contribution in [0.4, 0.5) is 0 Å². The zero-order chi connectivity index (χ0) is 18.5. The molecule has 0 spiro atoms. The quantitative estimate of drug-likeness (QED) is 0.476. The second-order valence-corrected chi connectivity index (χ2v) is 6.76. The lowest BCUT2D eigenvalue weighted by atomic mass is 10.1. The van der Waals surface area contributed by atoms with Gasteiger partial charge in [0.15, 0.2) is 11.6 Å². The molecule has 0 amide bonds. The van der Waals surface area contributed by atoms with Gasteiger partial charge in [0.1, 0.15) is 24.9 Å². The van der Waals surface area contributed by atoms with Gasteiger partial charge in [0.2, 0.25) is 5.89 Å². The third-order valence-electron chi connectivity index (χ3n) is 4.56. The van der Waals surface area contributed by atoms with E-state index in [0.29, 0.717) is 29.8 Å². The molecule has 8 nitrogen and oxygen atoms in total. The van der Waals surface area contributed by atoms with E-state index < -0.39 is 0 Å². The second kappa shape index (κ2) is 6.04. The number of aryl methyl sites for hydroxylation is 1. The first-order chi connectivity index (χ1) is 13.2. The van der Waals surface area contributed by atoms with Crippen LogP contribution in [0.3, 0.4) is 0 Å². The van der Waals surface area contributed by atoms with Crippen molar-refractivity contribution >= 4 is 11.6 Å². The van der Waals surface area contributed by atoms with Crippen molar-refractivity contribution in [1.29, 1.82) is 0 Å². The van der Waals surface area contributed by atoms with Crippen LogP contribution in [-0.4, -0.2) is 36.4 Å². The van der Waals surface area contributed by atoms with Crippen molar-refractivity contribution in [2.24, 2.45) is 0 Å². The van der Waals surface area contributed by atoms with E-state index in [1.165, 1.54) is 0 Å². The fraction of sp³-hybridized carbons (Fsp3) is 0.222. The second-order valence-electron chi connectivity index (χ2n) is 6.32. The third-order valence-corrected chi connectivity index (χ3v) is 4.79. The first kappa shape index (κ1) is 16.2. The zero-order valence-electron chi connectivity index (χ0n) is 14.7. The van der Waals surface area contributed by atoms with Crippen molar-refractivity contribution in [2.45, 2.75) is 20.1 Å². The van der Waals surface area contributed by atoms with Crippen LogP contribution in [0.2, 0.25) is 5.02 Å². The topological polar surface area (TPSA) is 83.8 Å². The molecule has 0 fully saturated rings. The summed E-state index contributed by atoms with van der Waals surface area (Å²) < 4.78 is 14.9. The predicted octanol–water partition coefficient (Wildman–Crippen LogP) is 3.26. The highest BCUT2D eigenvalue weighted by Gasteiger charge is 2.27. The van der Waals surface area contributed by atoms with E-state index in [9.17, 15) is 0 Å². The maximum atomic E-state index is 6.26. The molecule has 136 valence electrons. The summed E-state index contributed by atoms with van der Waals surface area (Å²) in [5.41, 5.74) is 4.22. The average Bonchev–Trinajstić information content (AvgIpc) is 3.34. The highest BCUT2D eigenvalue weighted by molar-refractivity contribution is 6.31. The lowest BCUT2D eigenvalue weighted by molar-refractivity contribution is 0.174. The number of nitrogens with zero attached hydrogens (tertiary/aromatic N) is 6. The summed E-state index contributed by atoms with van der Waals surface area (Å²) in [5, 5.41) is 9.31. The lowest BCUT2D eigenvalue weighted by Gasteiger charge is -2.08. The molecular formula is C18H15ClN6O2. The number of fused-ring (bicyclic) bond motifs is 5. The van der Waals surface area contributed by atoms with E-state index in [2.05, 4.69) is 20.2 Å². The molecule has 0 atom stereocenters. The Morgan fingerprint density at radius 1 is 1.30 bits per heavy atom. The van der Waals surface area contributed by atoms with Crippen molar-refractivity contribution in [3.8, 4) is 28.7 Å². The molecule has 1 aliphatic heterocycles. The maximum absolute atomic E-state index is 6.26. The number of hydrogen-bond donors (Lipinski definition) is 0. The molecule has 0 radical (unpaired) electrons. The summed E-state index contributed by atoms with van der Waals surface area (Å²) in [7, 11) is 1.63. The van der Waals surface area contributed by atoms with Gasteiger partial charge in [0.05, 0.1) is 23.6 Å². The van der Waals surface area contributed by atoms with Gasteiger partial charge in [0, 0.05) is 17.7 Å². The minimum atomic E-state index is 0.352. The van der Waals surface area contributed by atoms with Crippen molar-refractivity contribution in [3.63, 3.8) is 0 Å². The van der Waals surface area contributed by atoms with Crippen molar-refractivity contribution in [2.75, 3.05) is 7.11 Å². The molecule has 0 aliphatic carbocycles. The number of hydrogen-bond acceptors (Lipinski definition) is 6. The number of imidazole rings is 1. The Labute approximate surface area is 159 Å². The largest absolute Gasteiger partial charge is 0.443 e. The van der Waals surface area contributed by atoms with Gasteiger partial charge in [-0.15, -0.1) is 10.2 Å². The van der Waals surface area contributed by atoms with Gasteiger partial charge in [-0.05, 0) is 25.1 Å². The molecule has 4 heterocycles. The summed E-state index contributed by atoms with van der Waals surface area (Å²) in [4.78, 5) is 9.00. The molecule has 0 saturated heterocycles. The molecule has 3 aromatic heterocycles. The molecule has 4 aromatic rings. The number of halogens is 1. The molecule has 1 aliphatic rings. The first-order valence-electron chi connectivity index (χ1n) is 8.35. The molecule has 5 rings (SSSR count). The van der Waals surface area contributed by atoms with E-state index >= 15 is 0 Å². The van der Waals surface area contributed by atoms with Crippen LogP contribution in [0, 0.1) is 6.92 Å². The number of ether oxygens (including phenoxy) is 1. The van der Waals surface area contributed by atoms with Crippen LogP contribution < -0.4 is 0 Å². The minimum Gasteiger partial charge on any atom is -0.443 e. The van der Waals surface area contributed by atoms with E-state index in [1.807, 2.05) is 34.3 Å². The van der Waals surface area contributed by atoms with Gasteiger partial charge < -0.3 is 13.7 Å². The summed E-state index contributed by atoms with van der Waals surface area (Å²) in [6, 6.07) is 5.69. The smallest absolute Gasteiger partial charge is 0.247 e. The van der Waals surface area contributed by atoms with Gasteiger partial charge in [-0.3, -0.25) is 4.57 Å². The standard InChI is InChI=1S/C18H15ClN6O2/c1-10-7-27-18(21-10)16-14-6-24-15(8-26-2)22-23-17(24)12-5-11(19)3-4-13(12)25(14)9-20-16/h3-5,7,9H,6,8H2,1-2H3. The lowest BCUT2D eigenvalue weighted by Crippen LogP contribution is -2.09. The van der Waals surface area contributed by atoms with Crippen LogP contribution >= 0.6 is 11.6 Å². The van der Waals surface area contributed by atoms with E-state index in [4.69, 9.17) is 20.8 Å².